The molecule has 2 rings (SSSR count). The quantitative estimate of drug-likeness (QED) is 0.610. The van der Waals surface area contributed by atoms with Gasteiger partial charge in [0.1, 0.15) is 10.7 Å². The topological polar surface area (TPSA) is 118 Å². The van der Waals surface area contributed by atoms with Crippen LogP contribution in [0.25, 0.3) is 0 Å². The second-order valence-electron chi connectivity index (χ2n) is 5.12. The first-order valence-corrected chi connectivity index (χ1v) is 7.51. The second-order valence-corrected chi connectivity index (χ2v) is 6.09. The Bertz CT molecular complexity index is 478. The maximum absolute atomic E-state index is 12.0. The summed E-state index contributed by atoms with van der Waals surface area (Å²) in [6.07, 6.45) is 2.03. The number of nitrogen functional groups attached to an aromatic ring is 1. The van der Waals surface area contributed by atoms with Crippen LogP contribution in [-0.2, 0) is 0 Å². The number of amides is 1. The highest BCUT2D eigenvalue weighted by Crippen LogP contribution is 2.29. The molecular weight excluding hydrogens is 278 g/mol. The predicted molar refractivity (Wildman–Crippen MR) is 80.0 cm³/mol. The van der Waals surface area contributed by atoms with E-state index < -0.39 is 0 Å². The van der Waals surface area contributed by atoms with Crippen molar-refractivity contribution >= 4 is 28.2 Å². The Morgan fingerprint density at radius 1 is 1.70 bits per heavy atom. The van der Waals surface area contributed by atoms with Crippen molar-refractivity contribution in [3.8, 4) is 0 Å². The minimum Gasteiger partial charge on any atom is -0.394 e. The summed E-state index contributed by atoms with van der Waals surface area (Å²) in [4.78, 5) is 18.7. The molecule has 112 valence electrons. The highest BCUT2D eigenvalue weighted by Gasteiger charge is 2.23. The summed E-state index contributed by atoms with van der Waals surface area (Å²) in [7, 11) is 0. The summed E-state index contributed by atoms with van der Waals surface area (Å²) in [6, 6.07) is -0.170. The fourth-order valence-electron chi connectivity index (χ4n) is 2.14. The zero-order valence-corrected chi connectivity index (χ0v) is 12.3. The molecule has 6 N–H and O–H groups in total. The van der Waals surface area contributed by atoms with E-state index in [1.54, 1.807) is 6.92 Å². The third-order valence-corrected chi connectivity index (χ3v) is 4.36. The van der Waals surface area contributed by atoms with E-state index >= 15 is 0 Å². The summed E-state index contributed by atoms with van der Waals surface area (Å²) in [5.41, 5.74) is 11.8. The van der Waals surface area contributed by atoms with Gasteiger partial charge in [0, 0.05) is 25.2 Å². The van der Waals surface area contributed by atoms with Crippen LogP contribution < -0.4 is 21.7 Å². The van der Waals surface area contributed by atoms with Gasteiger partial charge in [-0.25, -0.2) is 4.98 Å². The van der Waals surface area contributed by atoms with Gasteiger partial charge in [0.25, 0.3) is 5.91 Å². The SMILES string of the molecule is CC(CO)NC(=O)c1sc(N2CCCC(N)C2)nc1N. The average molecular weight is 299 g/mol. The van der Waals surface area contributed by atoms with Gasteiger partial charge in [-0.1, -0.05) is 11.3 Å². The first kappa shape index (κ1) is 15.0. The first-order chi connectivity index (χ1) is 9.51. The Hall–Kier alpha value is -1.38. The number of anilines is 2. The van der Waals surface area contributed by atoms with Crippen LogP contribution in [0.2, 0.25) is 0 Å². The maximum Gasteiger partial charge on any atom is 0.265 e. The summed E-state index contributed by atoms with van der Waals surface area (Å²) in [5.74, 6) is -0.0686. The summed E-state index contributed by atoms with van der Waals surface area (Å²) in [5, 5.41) is 12.4. The molecular formula is C12H21N5O2S. The minimum absolute atomic E-state index is 0.113. The number of nitrogens with zero attached hydrogens (tertiary/aromatic N) is 2. The van der Waals surface area contributed by atoms with Crippen molar-refractivity contribution in [2.75, 3.05) is 30.3 Å². The number of aliphatic hydroxyl groups excluding tert-OH is 1. The molecule has 1 fully saturated rings. The van der Waals surface area contributed by atoms with E-state index in [-0.39, 0.29) is 30.4 Å². The van der Waals surface area contributed by atoms with E-state index in [1.807, 2.05) is 0 Å². The molecule has 1 aliphatic heterocycles. The van der Waals surface area contributed by atoms with Gasteiger partial charge in [-0.2, -0.15) is 0 Å². The number of aliphatic hydroxyl groups is 1. The van der Waals surface area contributed by atoms with Crippen molar-refractivity contribution in [2.45, 2.75) is 31.8 Å². The van der Waals surface area contributed by atoms with Gasteiger partial charge in [-0.15, -0.1) is 0 Å². The van der Waals surface area contributed by atoms with Crippen molar-refractivity contribution in [3.63, 3.8) is 0 Å². The Kier molecular flexibility index (Phi) is 4.79. The van der Waals surface area contributed by atoms with Crippen LogP contribution >= 0.6 is 11.3 Å². The van der Waals surface area contributed by atoms with Gasteiger partial charge in [-0.3, -0.25) is 4.79 Å². The van der Waals surface area contributed by atoms with Crippen LogP contribution in [0.1, 0.15) is 29.4 Å². The van der Waals surface area contributed by atoms with Gasteiger partial charge < -0.3 is 26.8 Å². The second kappa shape index (κ2) is 6.38. The molecule has 1 aliphatic rings. The Morgan fingerprint density at radius 3 is 3.10 bits per heavy atom. The molecule has 0 aliphatic carbocycles. The lowest BCUT2D eigenvalue weighted by Gasteiger charge is -2.30. The van der Waals surface area contributed by atoms with E-state index in [0.717, 1.165) is 31.1 Å². The number of rotatable bonds is 4. The molecule has 1 aromatic heterocycles. The standard InChI is InChI=1S/C12H21N5O2S/c1-7(6-18)15-11(19)9-10(14)16-12(20-9)17-4-2-3-8(13)5-17/h7-8,18H,2-6,13-14H2,1H3,(H,15,19). The van der Waals surface area contributed by atoms with E-state index in [9.17, 15) is 4.79 Å². The lowest BCUT2D eigenvalue weighted by molar-refractivity contribution is 0.0927. The van der Waals surface area contributed by atoms with Crippen LogP contribution in [0.3, 0.4) is 0 Å². The molecule has 1 aromatic rings. The number of carbonyl (C=O) groups excluding carboxylic acids is 1. The van der Waals surface area contributed by atoms with Gasteiger partial charge >= 0.3 is 0 Å². The number of hydrogen-bond acceptors (Lipinski definition) is 7. The number of nitrogens with two attached hydrogens (primary N) is 2. The lowest BCUT2D eigenvalue weighted by Crippen LogP contribution is -2.42. The number of piperidine rings is 1. The summed E-state index contributed by atoms with van der Waals surface area (Å²) in [6.45, 7) is 3.23. The monoisotopic (exact) mass is 299 g/mol. The van der Waals surface area contributed by atoms with E-state index in [2.05, 4.69) is 15.2 Å². The molecule has 0 saturated carbocycles. The Labute approximate surface area is 122 Å². The molecule has 0 aromatic carbocycles. The number of carbonyl (C=O) groups is 1. The number of hydrogen-bond donors (Lipinski definition) is 4. The average Bonchev–Trinajstić information content (AvgIpc) is 2.80. The minimum atomic E-state index is -0.309. The van der Waals surface area contributed by atoms with Gasteiger partial charge in [0.15, 0.2) is 5.13 Å². The number of aromatic nitrogens is 1. The largest absolute Gasteiger partial charge is 0.394 e. The first-order valence-electron chi connectivity index (χ1n) is 6.69. The maximum atomic E-state index is 12.0. The fraction of sp³-hybridized carbons (Fsp3) is 0.667. The molecule has 8 heteroatoms. The molecule has 20 heavy (non-hydrogen) atoms. The summed E-state index contributed by atoms with van der Waals surface area (Å²) < 4.78 is 0. The molecule has 7 nitrogen and oxygen atoms in total. The van der Waals surface area contributed by atoms with E-state index in [4.69, 9.17) is 16.6 Å². The zero-order chi connectivity index (χ0) is 14.7. The third kappa shape index (κ3) is 3.38. The molecule has 1 saturated heterocycles. The molecule has 2 heterocycles. The van der Waals surface area contributed by atoms with Crippen LogP contribution in [-0.4, -0.2) is 47.8 Å². The summed E-state index contributed by atoms with van der Waals surface area (Å²) >= 11 is 1.27. The highest BCUT2D eigenvalue weighted by molar-refractivity contribution is 7.18. The zero-order valence-electron chi connectivity index (χ0n) is 11.5. The molecule has 2 unspecified atom stereocenters. The third-order valence-electron chi connectivity index (χ3n) is 3.23. The normalized spacial score (nSPS) is 20.8. The molecule has 1 amide bonds. The van der Waals surface area contributed by atoms with E-state index in [0.29, 0.717) is 4.88 Å². The Morgan fingerprint density at radius 2 is 2.45 bits per heavy atom. The van der Waals surface area contributed by atoms with Crippen molar-refractivity contribution in [3.05, 3.63) is 4.88 Å². The smallest absolute Gasteiger partial charge is 0.265 e. The highest BCUT2D eigenvalue weighted by atomic mass is 32.1. The van der Waals surface area contributed by atoms with Gasteiger partial charge in [-0.05, 0) is 19.8 Å². The molecule has 0 spiro atoms. The van der Waals surface area contributed by atoms with Gasteiger partial charge in [0.05, 0.1) is 6.61 Å². The van der Waals surface area contributed by atoms with Crippen LogP contribution in [0.4, 0.5) is 10.9 Å². The molecule has 2 atom stereocenters. The number of thiazole rings is 1. The van der Waals surface area contributed by atoms with Crippen molar-refractivity contribution < 1.29 is 9.90 Å². The van der Waals surface area contributed by atoms with Crippen LogP contribution in [0.15, 0.2) is 0 Å². The van der Waals surface area contributed by atoms with Crippen molar-refractivity contribution in [1.29, 1.82) is 0 Å². The fourth-order valence-corrected chi connectivity index (χ4v) is 3.06. The Balaban J connectivity index is 2.10. The van der Waals surface area contributed by atoms with E-state index in [1.165, 1.54) is 11.3 Å². The van der Waals surface area contributed by atoms with Crippen molar-refractivity contribution in [2.24, 2.45) is 5.73 Å². The lowest BCUT2D eigenvalue weighted by atomic mass is 10.1. The molecule has 0 radical (unpaired) electrons. The van der Waals surface area contributed by atoms with Crippen LogP contribution in [0.5, 0.6) is 0 Å². The van der Waals surface area contributed by atoms with Crippen molar-refractivity contribution in [1.82, 2.24) is 10.3 Å². The molecule has 0 bridgehead atoms. The predicted octanol–water partition coefficient (Wildman–Crippen LogP) is -0.237. The van der Waals surface area contributed by atoms with Gasteiger partial charge in [0.2, 0.25) is 0 Å². The number of nitrogens with one attached hydrogen (secondary N) is 1. The van der Waals surface area contributed by atoms with Crippen LogP contribution in [0, 0.1) is 0 Å².